The van der Waals surface area contributed by atoms with E-state index < -0.39 is 18.0 Å². The fourth-order valence-corrected chi connectivity index (χ4v) is 1.75. The van der Waals surface area contributed by atoms with Gasteiger partial charge in [0, 0.05) is 12.1 Å². The molecule has 6 nitrogen and oxygen atoms in total. The van der Waals surface area contributed by atoms with E-state index in [0.29, 0.717) is 12.1 Å². The van der Waals surface area contributed by atoms with Gasteiger partial charge in [0.15, 0.2) is 6.10 Å². The van der Waals surface area contributed by atoms with E-state index in [1.165, 1.54) is 13.0 Å². The molecule has 0 aliphatic carbocycles. The number of amides is 2. The van der Waals surface area contributed by atoms with Gasteiger partial charge in [-0.3, -0.25) is 14.4 Å². The van der Waals surface area contributed by atoms with E-state index in [1.54, 1.807) is 12.1 Å². The van der Waals surface area contributed by atoms with Crippen molar-refractivity contribution in [2.24, 2.45) is 0 Å². The lowest BCUT2D eigenvalue weighted by Gasteiger charge is -2.13. The summed E-state index contributed by atoms with van der Waals surface area (Å²) in [7, 11) is 0. The maximum atomic E-state index is 12.0. The fraction of sp³-hybridized carbons (Fsp3) is 0.353. The van der Waals surface area contributed by atoms with Crippen LogP contribution >= 0.6 is 0 Å². The molecule has 2 N–H and O–H groups in total. The molecule has 0 spiro atoms. The van der Waals surface area contributed by atoms with Crippen molar-refractivity contribution in [3.05, 3.63) is 47.5 Å². The number of ether oxygens (including phenoxy) is 1. The Morgan fingerprint density at radius 3 is 2.52 bits per heavy atom. The Hall–Kier alpha value is -2.63. The first-order chi connectivity index (χ1) is 10.8. The van der Waals surface area contributed by atoms with Gasteiger partial charge in [0.25, 0.3) is 11.8 Å². The molecule has 0 saturated heterocycles. The summed E-state index contributed by atoms with van der Waals surface area (Å²) in [5, 5.41) is 4.99. The van der Waals surface area contributed by atoms with Crippen molar-refractivity contribution in [2.45, 2.75) is 26.9 Å². The minimum absolute atomic E-state index is 0.296. The van der Waals surface area contributed by atoms with Gasteiger partial charge in [-0.1, -0.05) is 12.1 Å². The molecule has 1 rings (SSSR count). The number of hydrogen-bond acceptors (Lipinski definition) is 4. The highest BCUT2D eigenvalue weighted by Gasteiger charge is 2.17. The van der Waals surface area contributed by atoms with Gasteiger partial charge < -0.3 is 15.4 Å². The van der Waals surface area contributed by atoms with Crippen LogP contribution in [0.4, 0.5) is 0 Å². The molecule has 1 atom stereocenters. The average molecular weight is 318 g/mol. The van der Waals surface area contributed by atoms with Crippen LogP contribution in [-0.2, 0) is 14.3 Å². The van der Waals surface area contributed by atoms with Crippen molar-refractivity contribution < 1.29 is 19.1 Å². The van der Waals surface area contributed by atoms with Crippen LogP contribution in [0, 0.1) is 13.8 Å². The molecule has 124 valence electrons. The van der Waals surface area contributed by atoms with E-state index in [1.807, 2.05) is 19.9 Å². The fourth-order valence-electron chi connectivity index (χ4n) is 1.75. The second-order valence-electron chi connectivity index (χ2n) is 5.15. The second kappa shape index (κ2) is 8.73. The van der Waals surface area contributed by atoms with Crippen LogP contribution < -0.4 is 10.6 Å². The highest BCUT2D eigenvalue weighted by molar-refractivity contribution is 5.96. The molecule has 0 bridgehead atoms. The Morgan fingerprint density at radius 1 is 1.22 bits per heavy atom. The lowest BCUT2D eigenvalue weighted by molar-refractivity contribution is -0.153. The summed E-state index contributed by atoms with van der Waals surface area (Å²) in [6.07, 6.45) is 0.594. The first-order valence-corrected chi connectivity index (χ1v) is 7.28. The SMILES string of the molecule is C=CCNC(=O)[C@H](C)OC(=O)CNC(=O)c1ccc(C)c(C)c1. The van der Waals surface area contributed by atoms with Gasteiger partial charge in [-0.15, -0.1) is 6.58 Å². The molecule has 2 amide bonds. The number of benzene rings is 1. The molecule has 0 fully saturated rings. The van der Waals surface area contributed by atoms with Gasteiger partial charge in [-0.25, -0.2) is 0 Å². The number of rotatable bonds is 7. The number of aryl methyl sites for hydroxylation is 2. The summed E-state index contributed by atoms with van der Waals surface area (Å²) < 4.78 is 4.94. The van der Waals surface area contributed by atoms with E-state index in [0.717, 1.165) is 11.1 Å². The molecule has 0 radical (unpaired) electrons. The van der Waals surface area contributed by atoms with Crippen molar-refractivity contribution >= 4 is 17.8 Å². The first-order valence-electron chi connectivity index (χ1n) is 7.28. The normalized spacial score (nSPS) is 11.3. The van der Waals surface area contributed by atoms with Crippen LogP contribution in [0.15, 0.2) is 30.9 Å². The van der Waals surface area contributed by atoms with E-state index in [2.05, 4.69) is 17.2 Å². The smallest absolute Gasteiger partial charge is 0.326 e. The lowest BCUT2D eigenvalue weighted by atomic mass is 10.1. The van der Waals surface area contributed by atoms with Crippen molar-refractivity contribution in [3.8, 4) is 0 Å². The number of carbonyl (C=O) groups is 3. The third-order valence-corrected chi connectivity index (χ3v) is 3.26. The summed E-state index contributed by atoms with van der Waals surface area (Å²) in [6.45, 7) is 8.79. The zero-order valence-corrected chi connectivity index (χ0v) is 13.6. The summed E-state index contributed by atoms with van der Waals surface area (Å²) >= 11 is 0. The second-order valence-corrected chi connectivity index (χ2v) is 5.15. The van der Waals surface area contributed by atoms with E-state index in [-0.39, 0.29) is 12.5 Å². The van der Waals surface area contributed by atoms with Crippen molar-refractivity contribution in [3.63, 3.8) is 0 Å². The average Bonchev–Trinajstić information content (AvgIpc) is 2.52. The van der Waals surface area contributed by atoms with Crippen molar-refractivity contribution in [2.75, 3.05) is 13.1 Å². The number of esters is 1. The minimum atomic E-state index is -0.930. The monoisotopic (exact) mass is 318 g/mol. The van der Waals surface area contributed by atoms with Gasteiger partial charge >= 0.3 is 5.97 Å². The Balaban J connectivity index is 2.46. The van der Waals surface area contributed by atoms with Crippen LogP contribution in [0.5, 0.6) is 0 Å². The Kier molecular flexibility index (Phi) is 6.99. The van der Waals surface area contributed by atoms with Crippen molar-refractivity contribution in [1.29, 1.82) is 0 Å². The number of hydrogen-bond donors (Lipinski definition) is 2. The predicted molar refractivity (Wildman–Crippen MR) is 87.0 cm³/mol. The topological polar surface area (TPSA) is 84.5 Å². The molecule has 0 aliphatic heterocycles. The summed E-state index contributed by atoms with van der Waals surface area (Å²) in [5.41, 5.74) is 2.55. The third kappa shape index (κ3) is 5.94. The summed E-state index contributed by atoms with van der Waals surface area (Å²) in [5.74, 6) is -1.46. The standard InChI is InChI=1S/C17H22N2O4/c1-5-8-18-16(21)13(4)23-15(20)10-19-17(22)14-7-6-11(2)12(3)9-14/h5-7,9,13H,1,8,10H2,2-4H3,(H,18,21)(H,19,22)/t13-/m0/s1. The zero-order valence-electron chi connectivity index (χ0n) is 13.6. The van der Waals surface area contributed by atoms with Crippen LogP contribution in [-0.4, -0.2) is 37.0 Å². The quantitative estimate of drug-likeness (QED) is 0.586. The molecular weight excluding hydrogens is 296 g/mol. The molecule has 0 heterocycles. The Bertz CT molecular complexity index is 611. The highest BCUT2D eigenvalue weighted by atomic mass is 16.5. The van der Waals surface area contributed by atoms with Gasteiger partial charge in [0.2, 0.25) is 0 Å². The molecule has 0 saturated carbocycles. The Morgan fingerprint density at radius 2 is 1.91 bits per heavy atom. The van der Waals surface area contributed by atoms with Gasteiger partial charge in [0.05, 0.1) is 0 Å². The lowest BCUT2D eigenvalue weighted by Crippen LogP contribution is -2.38. The maximum absolute atomic E-state index is 12.0. The van der Waals surface area contributed by atoms with E-state index in [9.17, 15) is 14.4 Å². The maximum Gasteiger partial charge on any atom is 0.326 e. The molecule has 1 aromatic rings. The van der Waals surface area contributed by atoms with Crippen molar-refractivity contribution in [1.82, 2.24) is 10.6 Å². The molecule has 0 unspecified atom stereocenters. The van der Waals surface area contributed by atoms with Crippen LogP contribution in [0.3, 0.4) is 0 Å². The van der Waals surface area contributed by atoms with Crippen LogP contribution in [0.1, 0.15) is 28.4 Å². The van der Waals surface area contributed by atoms with Gasteiger partial charge in [-0.05, 0) is 44.0 Å². The predicted octanol–water partition coefficient (Wildman–Crippen LogP) is 1.27. The van der Waals surface area contributed by atoms with Gasteiger partial charge in [-0.2, -0.15) is 0 Å². The molecule has 0 aliphatic rings. The van der Waals surface area contributed by atoms with Crippen LogP contribution in [0.25, 0.3) is 0 Å². The zero-order chi connectivity index (χ0) is 17.4. The third-order valence-electron chi connectivity index (χ3n) is 3.26. The van der Waals surface area contributed by atoms with Crippen LogP contribution in [0.2, 0.25) is 0 Å². The van der Waals surface area contributed by atoms with E-state index >= 15 is 0 Å². The van der Waals surface area contributed by atoms with E-state index in [4.69, 9.17) is 4.74 Å². The summed E-state index contributed by atoms with van der Waals surface area (Å²) in [6, 6.07) is 5.28. The number of carbonyl (C=O) groups excluding carboxylic acids is 3. The Labute approximate surface area is 135 Å². The molecular formula is C17H22N2O4. The molecule has 6 heteroatoms. The minimum Gasteiger partial charge on any atom is -0.451 e. The highest BCUT2D eigenvalue weighted by Crippen LogP contribution is 2.09. The molecule has 1 aromatic carbocycles. The molecule has 23 heavy (non-hydrogen) atoms. The molecule has 0 aromatic heterocycles. The van der Waals surface area contributed by atoms with Gasteiger partial charge in [0.1, 0.15) is 6.54 Å². The summed E-state index contributed by atoms with van der Waals surface area (Å²) in [4.78, 5) is 35.2. The largest absolute Gasteiger partial charge is 0.451 e. The number of nitrogens with one attached hydrogen (secondary N) is 2. The first kappa shape index (κ1) is 18.4.